The van der Waals surface area contributed by atoms with Gasteiger partial charge in [-0.3, -0.25) is 0 Å². The van der Waals surface area contributed by atoms with E-state index in [-0.39, 0.29) is 0 Å². The van der Waals surface area contributed by atoms with Gasteiger partial charge in [-0.2, -0.15) is 0 Å². The van der Waals surface area contributed by atoms with Gasteiger partial charge in [0.2, 0.25) is 0 Å². The second-order valence-electron chi connectivity index (χ2n) is 5.04. The molecule has 0 fully saturated rings. The highest BCUT2D eigenvalue weighted by atomic mass is 79.9. The van der Waals surface area contributed by atoms with Crippen molar-refractivity contribution in [3.63, 3.8) is 0 Å². The number of hydrogen-bond acceptors (Lipinski definition) is 2. The zero-order chi connectivity index (χ0) is 15.2. The van der Waals surface area contributed by atoms with Gasteiger partial charge in [-0.25, -0.2) is 0 Å². The zero-order valence-corrected chi connectivity index (χ0v) is 15.4. The summed E-state index contributed by atoms with van der Waals surface area (Å²) < 4.78 is 7.25. The maximum atomic E-state index is 5.32. The van der Waals surface area contributed by atoms with Crippen molar-refractivity contribution in [3.8, 4) is 5.75 Å². The Morgan fingerprint density at radius 1 is 1.10 bits per heavy atom. The minimum absolute atomic E-state index is 0.497. The normalized spacial score (nSPS) is 12.2. The van der Waals surface area contributed by atoms with Crippen molar-refractivity contribution in [2.24, 2.45) is 0 Å². The number of halogens is 2. The molecule has 1 N–H and O–H groups in total. The van der Waals surface area contributed by atoms with Crippen LogP contribution < -0.4 is 10.1 Å². The van der Waals surface area contributed by atoms with Gasteiger partial charge >= 0.3 is 0 Å². The van der Waals surface area contributed by atoms with Crippen molar-refractivity contribution >= 4 is 31.9 Å². The number of nitrogens with one attached hydrogen (secondary N) is 1. The van der Waals surface area contributed by atoms with E-state index in [0.717, 1.165) is 27.8 Å². The van der Waals surface area contributed by atoms with Crippen LogP contribution in [0, 0.1) is 0 Å². The molecule has 0 saturated heterocycles. The molecule has 0 aromatic heterocycles. The fourth-order valence-electron chi connectivity index (χ4n) is 2.24. The molecule has 0 aliphatic carbocycles. The minimum Gasteiger partial charge on any atom is -0.494 e. The summed E-state index contributed by atoms with van der Waals surface area (Å²) in [5, 5.41) is 3.51. The molecule has 112 valence electrons. The topological polar surface area (TPSA) is 21.3 Å². The van der Waals surface area contributed by atoms with Crippen molar-refractivity contribution in [2.45, 2.75) is 19.4 Å². The smallest absolute Gasteiger partial charge is 0.147 e. The summed E-state index contributed by atoms with van der Waals surface area (Å²) in [7, 11) is 1.67. The maximum Gasteiger partial charge on any atom is 0.147 e. The van der Waals surface area contributed by atoms with E-state index in [9.17, 15) is 0 Å². The number of methoxy groups -OCH3 is 1. The van der Waals surface area contributed by atoms with E-state index in [1.54, 1.807) is 7.11 Å². The lowest BCUT2D eigenvalue weighted by molar-refractivity contribution is 0.409. The summed E-state index contributed by atoms with van der Waals surface area (Å²) in [5.74, 6) is 1.33. The molecular weight excluding hydrogens is 394 g/mol. The monoisotopic (exact) mass is 411 g/mol. The van der Waals surface area contributed by atoms with E-state index in [0.29, 0.717) is 5.92 Å². The molecule has 2 aromatic rings. The summed E-state index contributed by atoms with van der Waals surface area (Å²) >= 11 is 7.07. The molecule has 0 bridgehead atoms. The predicted molar refractivity (Wildman–Crippen MR) is 95.0 cm³/mol. The third kappa shape index (κ3) is 4.56. The van der Waals surface area contributed by atoms with Crippen molar-refractivity contribution in [1.29, 1.82) is 0 Å². The van der Waals surface area contributed by atoms with Gasteiger partial charge in [0, 0.05) is 13.1 Å². The van der Waals surface area contributed by atoms with Crippen LogP contribution in [-0.2, 0) is 6.54 Å². The van der Waals surface area contributed by atoms with E-state index >= 15 is 0 Å². The van der Waals surface area contributed by atoms with Gasteiger partial charge in [-0.15, -0.1) is 0 Å². The van der Waals surface area contributed by atoms with Crippen LogP contribution in [0.5, 0.6) is 5.75 Å². The third-order valence-electron chi connectivity index (χ3n) is 3.41. The molecule has 1 atom stereocenters. The standard InChI is InChI=1S/C17H19Br2NO/c1-12(14-6-4-3-5-7-14)10-20-11-13-8-15(18)17(21-2)16(19)9-13/h3-9,12,20H,10-11H2,1-2H3. The Morgan fingerprint density at radius 3 is 2.29 bits per heavy atom. The van der Waals surface area contributed by atoms with E-state index in [1.165, 1.54) is 11.1 Å². The molecule has 1 unspecified atom stereocenters. The first kappa shape index (κ1) is 16.5. The molecule has 0 aliphatic rings. The molecule has 4 heteroatoms. The van der Waals surface area contributed by atoms with E-state index in [2.05, 4.69) is 86.6 Å². The maximum absolute atomic E-state index is 5.32. The third-order valence-corrected chi connectivity index (χ3v) is 4.59. The fourth-order valence-corrected chi connectivity index (χ4v) is 3.85. The molecule has 0 heterocycles. The highest BCUT2D eigenvalue weighted by Crippen LogP contribution is 2.34. The van der Waals surface area contributed by atoms with Gasteiger partial charge in [0.05, 0.1) is 16.1 Å². The van der Waals surface area contributed by atoms with E-state index in [1.807, 2.05) is 0 Å². The number of hydrogen-bond donors (Lipinski definition) is 1. The molecule has 0 saturated carbocycles. The molecule has 0 aliphatic heterocycles. The number of rotatable bonds is 6. The lowest BCUT2D eigenvalue weighted by Crippen LogP contribution is -2.19. The first-order valence-electron chi connectivity index (χ1n) is 6.89. The van der Waals surface area contributed by atoms with Gasteiger partial charge in [0.15, 0.2) is 0 Å². The van der Waals surface area contributed by atoms with Gasteiger partial charge in [-0.1, -0.05) is 37.3 Å². The Hall–Kier alpha value is -0.840. The molecule has 0 spiro atoms. The first-order chi connectivity index (χ1) is 10.1. The van der Waals surface area contributed by atoms with Crippen LogP contribution in [0.1, 0.15) is 24.0 Å². The Morgan fingerprint density at radius 2 is 1.71 bits per heavy atom. The van der Waals surface area contributed by atoms with E-state index in [4.69, 9.17) is 4.74 Å². The highest BCUT2D eigenvalue weighted by Gasteiger charge is 2.08. The lowest BCUT2D eigenvalue weighted by Gasteiger charge is -2.14. The van der Waals surface area contributed by atoms with E-state index < -0.39 is 0 Å². The summed E-state index contributed by atoms with van der Waals surface area (Å²) in [5.41, 5.74) is 2.58. The zero-order valence-electron chi connectivity index (χ0n) is 12.2. The quantitative estimate of drug-likeness (QED) is 0.711. The van der Waals surface area contributed by atoms with Gasteiger partial charge in [0.25, 0.3) is 0 Å². The fraction of sp³-hybridized carbons (Fsp3) is 0.294. The molecule has 21 heavy (non-hydrogen) atoms. The summed E-state index contributed by atoms with van der Waals surface area (Å²) in [6, 6.07) is 14.7. The molecule has 0 radical (unpaired) electrons. The second-order valence-corrected chi connectivity index (χ2v) is 6.74. The van der Waals surface area contributed by atoms with Crippen LogP contribution in [0.15, 0.2) is 51.4 Å². The second kappa shape index (κ2) is 7.97. The van der Waals surface area contributed by atoms with Crippen molar-refractivity contribution in [3.05, 3.63) is 62.5 Å². The molecule has 2 rings (SSSR count). The molecule has 0 amide bonds. The van der Waals surface area contributed by atoms with Crippen LogP contribution in [-0.4, -0.2) is 13.7 Å². The Balaban J connectivity index is 1.92. The molecule has 2 nitrogen and oxygen atoms in total. The van der Waals surface area contributed by atoms with Gasteiger partial charge in [0.1, 0.15) is 5.75 Å². The largest absolute Gasteiger partial charge is 0.494 e. The summed E-state index contributed by atoms with van der Waals surface area (Å²) in [4.78, 5) is 0. The van der Waals surface area contributed by atoms with Gasteiger partial charge < -0.3 is 10.1 Å². The first-order valence-corrected chi connectivity index (χ1v) is 8.48. The highest BCUT2D eigenvalue weighted by molar-refractivity contribution is 9.11. The minimum atomic E-state index is 0.497. The van der Waals surface area contributed by atoms with Crippen molar-refractivity contribution in [2.75, 3.05) is 13.7 Å². The molecular formula is C17H19Br2NO. The van der Waals surface area contributed by atoms with Crippen molar-refractivity contribution < 1.29 is 4.74 Å². The van der Waals surface area contributed by atoms with Crippen LogP contribution in [0.25, 0.3) is 0 Å². The Labute approximate surface area is 143 Å². The Bertz CT molecular complexity index is 564. The summed E-state index contributed by atoms with van der Waals surface area (Å²) in [6.45, 7) is 4.02. The summed E-state index contributed by atoms with van der Waals surface area (Å²) in [6.07, 6.45) is 0. The van der Waals surface area contributed by atoms with Crippen LogP contribution >= 0.6 is 31.9 Å². The molecule has 2 aromatic carbocycles. The SMILES string of the molecule is COc1c(Br)cc(CNCC(C)c2ccccc2)cc1Br. The van der Waals surface area contributed by atoms with Gasteiger partial charge in [-0.05, 0) is 61.0 Å². The van der Waals surface area contributed by atoms with Crippen LogP contribution in [0.4, 0.5) is 0 Å². The number of benzene rings is 2. The average Bonchev–Trinajstić information content (AvgIpc) is 2.48. The van der Waals surface area contributed by atoms with Crippen LogP contribution in [0.3, 0.4) is 0 Å². The van der Waals surface area contributed by atoms with Crippen LogP contribution in [0.2, 0.25) is 0 Å². The average molecular weight is 413 g/mol. The Kier molecular flexibility index (Phi) is 6.27. The predicted octanol–water partition coefficient (Wildman–Crippen LogP) is 5.11. The lowest BCUT2D eigenvalue weighted by atomic mass is 10.0. The number of ether oxygens (including phenoxy) is 1. The van der Waals surface area contributed by atoms with Crippen molar-refractivity contribution in [1.82, 2.24) is 5.32 Å².